The van der Waals surface area contributed by atoms with E-state index in [4.69, 9.17) is 0 Å². The maximum absolute atomic E-state index is 11.0. The summed E-state index contributed by atoms with van der Waals surface area (Å²) in [7, 11) is 1.67. The van der Waals surface area contributed by atoms with E-state index in [1.807, 2.05) is 0 Å². The Hall–Kier alpha value is -0.610. The molecule has 1 heterocycles. The van der Waals surface area contributed by atoms with Crippen LogP contribution in [0.4, 0.5) is 0 Å². The molecule has 4 nitrogen and oxygen atoms in total. The molecule has 1 fully saturated rings. The van der Waals surface area contributed by atoms with Crippen LogP contribution in [0.2, 0.25) is 0 Å². The highest BCUT2D eigenvalue weighted by molar-refractivity contribution is 5.77. The number of amides is 1. The monoisotopic (exact) mass is 171 g/mol. The van der Waals surface area contributed by atoms with Crippen molar-refractivity contribution in [1.82, 2.24) is 15.5 Å². The first kappa shape index (κ1) is 9.48. The van der Waals surface area contributed by atoms with E-state index in [-0.39, 0.29) is 5.91 Å². The molecule has 0 aromatic heterocycles. The standard InChI is InChI=1S/C8H17N3O/c1-7-5-11(4-3-10-7)6-8(12)9-2/h7,10H,3-6H2,1-2H3,(H,9,12)/t7-/m1/s1. The van der Waals surface area contributed by atoms with Crippen LogP contribution in [-0.2, 0) is 4.79 Å². The smallest absolute Gasteiger partial charge is 0.233 e. The fourth-order valence-electron chi connectivity index (χ4n) is 1.44. The molecule has 70 valence electrons. The van der Waals surface area contributed by atoms with Gasteiger partial charge in [0.1, 0.15) is 0 Å². The molecule has 0 saturated carbocycles. The fraction of sp³-hybridized carbons (Fsp3) is 0.875. The van der Waals surface area contributed by atoms with Gasteiger partial charge in [-0.3, -0.25) is 9.69 Å². The van der Waals surface area contributed by atoms with Gasteiger partial charge in [0.2, 0.25) is 5.91 Å². The Balaban J connectivity index is 2.27. The van der Waals surface area contributed by atoms with Crippen molar-refractivity contribution in [2.24, 2.45) is 0 Å². The molecule has 1 atom stereocenters. The van der Waals surface area contributed by atoms with Gasteiger partial charge >= 0.3 is 0 Å². The number of carbonyl (C=O) groups excluding carboxylic acids is 1. The van der Waals surface area contributed by atoms with Crippen molar-refractivity contribution in [3.63, 3.8) is 0 Å². The Labute approximate surface area is 73.3 Å². The summed E-state index contributed by atoms with van der Waals surface area (Å²) in [6.45, 7) is 5.59. The van der Waals surface area contributed by atoms with Gasteiger partial charge in [0.25, 0.3) is 0 Å². The molecule has 0 aromatic rings. The van der Waals surface area contributed by atoms with Gasteiger partial charge < -0.3 is 10.6 Å². The summed E-state index contributed by atoms with van der Waals surface area (Å²) in [6.07, 6.45) is 0. The van der Waals surface area contributed by atoms with Crippen molar-refractivity contribution in [2.45, 2.75) is 13.0 Å². The van der Waals surface area contributed by atoms with E-state index in [1.54, 1.807) is 7.05 Å². The van der Waals surface area contributed by atoms with Crippen LogP contribution in [0, 0.1) is 0 Å². The molecule has 1 aliphatic heterocycles. The second-order valence-electron chi connectivity index (χ2n) is 3.26. The minimum Gasteiger partial charge on any atom is -0.358 e. The van der Waals surface area contributed by atoms with Gasteiger partial charge in [0, 0.05) is 32.7 Å². The molecule has 0 aliphatic carbocycles. The summed E-state index contributed by atoms with van der Waals surface area (Å²) < 4.78 is 0. The van der Waals surface area contributed by atoms with Gasteiger partial charge in [-0.15, -0.1) is 0 Å². The zero-order chi connectivity index (χ0) is 8.97. The Morgan fingerprint density at radius 3 is 3.08 bits per heavy atom. The number of likely N-dealkylation sites (N-methyl/N-ethyl adjacent to an activating group) is 1. The Bertz CT molecular complexity index is 160. The molecule has 12 heavy (non-hydrogen) atoms. The van der Waals surface area contributed by atoms with Crippen LogP contribution in [-0.4, -0.2) is 50.1 Å². The van der Waals surface area contributed by atoms with Crippen LogP contribution in [0.5, 0.6) is 0 Å². The van der Waals surface area contributed by atoms with Crippen molar-refractivity contribution >= 4 is 5.91 Å². The maximum atomic E-state index is 11.0. The highest BCUT2D eigenvalue weighted by Gasteiger charge is 2.16. The van der Waals surface area contributed by atoms with Crippen molar-refractivity contribution in [3.05, 3.63) is 0 Å². The predicted molar refractivity (Wildman–Crippen MR) is 48.0 cm³/mol. The summed E-state index contributed by atoms with van der Waals surface area (Å²) in [4.78, 5) is 13.2. The van der Waals surface area contributed by atoms with Crippen LogP contribution in [0.25, 0.3) is 0 Å². The number of nitrogens with one attached hydrogen (secondary N) is 2. The third kappa shape index (κ3) is 2.79. The van der Waals surface area contributed by atoms with E-state index in [9.17, 15) is 4.79 Å². The molecule has 1 amide bonds. The minimum absolute atomic E-state index is 0.101. The van der Waals surface area contributed by atoms with E-state index in [1.165, 1.54) is 0 Å². The average molecular weight is 171 g/mol. The second-order valence-corrected chi connectivity index (χ2v) is 3.26. The molecule has 1 saturated heterocycles. The van der Waals surface area contributed by atoms with Crippen LogP contribution >= 0.6 is 0 Å². The van der Waals surface area contributed by atoms with Crippen LogP contribution in [0.3, 0.4) is 0 Å². The van der Waals surface area contributed by atoms with Crippen molar-refractivity contribution in [2.75, 3.05) is 33.2 Å². The maximum Gasteiger partial charge on any atom is 0.233 e. The molecule has 4 heteroatoms. The van der Waals surface area contributed by atoms with Gasteiger partial charge in [0.15, 0.2) is 0 Å². The molecule has 2 N–H and O–H groups in total. The molecule has 1 aliphatic rings. The third-order valence-electron chi connectivity index (χ3n) is 2.10. The lowest BCUT2D eigenvalue weighted by atomic mass is 10.2. The second kappa shape index (κ2) is 4.42. The van der Waals surface area contributed by atoms with Gasteiger partial charge in [0.05, 0.1) is 6.54 Å². The minimum atomic E-state index is 0.101. The first-order valence-electron chi connectivity index (χ1n) is 4.38. The van der Waals surface area contributed by atoms with E-state index in [2.05, 4.69) is 22.5 Å². The highest BCUT2D eigenvalue weighted by Crippen LogP contribution is 1.96. The zero-order valence-electron chi connectivity index (χ0n) is 7.76. The van der Waals surface area contributed by atoms with Gasteiger partial charge in [-0.1, -0.05) is 0 Å². The largest absolute Gasteiger partial charge is 0.358 e. The Kier molecular flexibility index (Phi) is 3.49. The fourth-order valence-corrected chi connectivity index (χ4v) is 1.44. The summed E-state index contributed by atoms with van der Waals surface area (Å²) in [5.74, 6) is 0.101. The Morgan fingerprint density at radius 2 is 2.50 bits per heavy atom. The Morgan fingerprint density at radius 1 is 1.75 bits per heavy atom. The van der Waals surface area contributed by atoms with E-state index in [0.29, 0.717) is 12.6 Å². The lowest BCUT2D eigenvalue weighted by molar-refractivity contribution is -0.122. The third-order valence-corrected chi connectivity index (χ3v) is 2.10. The molecule has 0 spiro atoms. The van der Waals surface area contributed by atoms with Crippen LogP contribution in [0.1, 0.15) is 6.92 Å². The summed E-state index contributed by atoms with van der Waals surface area (Å²) in [6, 6.07) is 0.503. The summed E-state index contributed by atoms with van der Waals surface area (Å²) in [5.41, 5.74) is 0. The van der Waals surface area contributed by atoms with E-state index in [0.717, 1.165) is 19.6 Å². The lowest BCUT2D eigenvalue weighted by Crippen LogP contribution is -2.51. The SMILES string of the molecule is CNC(=O)CN1CCN[C@H](C)C1. The number of nitrogens with zero attached hydrogens (tertiary/aromatic N) is 1. The molecule has 1 rings (SSSR count). The molecule has 0 unspecified atom stereocenters. The number of rotatable bonds is 2. The summed E-state index contributed by atoms with van der Waals surface area (Å²) in [5, 5.41) is 5.96. The average Bonchev–Trinajstić information content (AvgIpc) is 2.04. The number of carbonyl (C=O) groups is 1. The molecule has 0 radical (unpaired) electrons. The topological polar surface area (TPSA) is 44.4 Å². The molecular formula is C8H17N3O. The van der Waals surface area contributed by atoms with Gasteiger partial charge in [-0.05, 0) is 6.92 Å². The normalized spacial score (nSPS) is 25.3. The zero-order valence-corrected chi connectivity index (χ0v) is 7.76. The number of hydrogen-bond donors (Lipinski definition) is 2. The van der Waals surface area contributed by atoms with E-state index >= 15 is 0 Å². The first-order chi connectivity index (χ1) is 5.72. The van der Waals surface area contributed by atoms with Crippen LogP contribution in [0.15, 0.2) is 0 Å². The molecule has 0 bridgehead atoms. The van der Waals surface area contributed by atoms with Crippen molar-refractivity contribution in [3.8, 4) is 0 Å². The van der Waals surface area contributed by atoms with Crippen LogP contribution < -0.4 is 10.6 Å². The molecular weight excluding hydrogens is 154 g/mol. The van der Waals surface area contributed by atoms with Gasteiger partial charge in [-0.25, -0.2) is 0 Å². The quantitative estimate of drug-likeness (QED) is 0.561. The highest BCUT2D eigenvalue weighted by atomic mass is 16.1. The number of hydrogen-bond acceptors (Lipinski definition) is 3. The van der Waals surface area contributed by atoms with Crippen molar-refractivity contribution in [1.29, 1.82) is 0 Å². The van der Waals surface area contributed by atoms with Crippen molar-refractivity contribution < 1.29 is 4.79 Å². The lowest BCUT2D eigenvalue weighted by Gasteiger charge is -2.30. The van der Waals surface area contributed by atoms with Gasteiger partial charge in [-0.2, -0.15) is 0 Å². The predicted octanol–water partition coefficient (Wildman–Crippen LogP) is -0.974. The summed E-state index contributed by atoms with van der Waals surface area (Å²) >= 11 is 0. The number of piperazine rings is 1. The van der Waals surface area contributed by atoms with E-state index < -0.39 is 0 Å². The molecule has 0 aromatic carbocycles. The first-order valence-corrected chi connectivity index (χ1v) is 4.38.